The van der Waals surface area contributed by atoms with Crippen molar-refractivity contribution in [3.8, 4) is 0 Å². The number of thioether (sulfide) groups is 1. The average Bonchev–Trinajstić information content (AvgIpc) is 2.55. The second-order valence-corrected chi connectivity index (χ2v) is 7.15. The number of piperidine rings is 1. The number of nitrogens with zero attached hydrogens (tertiary/aromatic N) is 1. The first kappa shape index (κ1) is 17.2. The molecule has 1 aliphatic rings. The monoisotopic (exact) mass is 322 g/mol. The van der Waals surface area contributed by atoms with Gasteiger partial charge in [0.15, 0.2) is 0 Å². The summed E-state index contributed by atoms with van der Waals surface area (Å²) in [7, 11) is 0. The third-order valence-electron chi connectivity index (χ3n) is 4.10. The van der Waals surface area contributed by atoms with Gasteiger partial charge in [-0.25, -0.2) is 4.79 Å². The number of amides is 2. The van der Waals surface area contributed by atoms with Crippen molar-refractivity contribution >= 4 is 17.8 Å². The molecule has 1 fully saturated rings. The molecule has 1 heterocycles. The van der Waals surface area contributed by atoms with E-state index in [1.54, 1.807) is 0 Å². The molecule has 5 heteroatoms. The molecule has 0 spiro atoms. The number of carbonyl (C=O) groups is 1. The molecule has 22 heavy (non-hydrogen) atoms. The first-order valence-electron chi connectivity index (χ1n) is 8.03. The van der Waals surface area contributed by atoms with E-state index in [9.17, 15) is 9.90 Å². The van der Waals surface area contributed by atoms with Crippen LogP contribution in [0.2, 0.25) is 0 Å². The number of benzene rings is 1. The number of carbonyl (C=O) groups excluding carboxylic acids is 1. The van der Waals surface area contributed by atoms with Gasteiger partial charge in [-0.3, -0.25) is 0 Å². The SMILES string of the molecule is CCSc1ccc(C(C)NC(=O)N2CCCC(CO)C2)cc1. The lowest BCUT2D eigenvalue weighted by Crippen LogP contribution is -2.46. The number of nitrogens with one attached hydrogen (secondary N) is 1. The van der Waals surface area contributed by atoms with E-state index in [2.05, 4.69) is 36.5 Å². The summed E-state index contributed by atoms with van der Waals surface area (Å²) in [6.45, 7) is 5.74. The van der Waals surface area contributed by atoms with Crippen molar-refractivity contribution in [3.05, 3.63) is 29.8 Å². The Morgan fingerprint density at radius 1 is 1.45 bits per heavy atom. The van der Waals surface area contributed by atoms with Crippen LogP contribution < -0.4 is 5.32 Å². The molecule has 122 valence electrons. The van der Waals surface area contributed by atoms with Crippen molar-refractivity contribution in [3.63, 3.8) is 0 Å². The fraction of sp³-hybridized carbons (Fsp3) is 0.588. The molecule has 2 N–H and O–H groups in total. The van der Waals surface area contributed by atoms with Crippen LogP contribution in [0.3, 0.4) is 0 Å². The van der Waals surface area contributed by atoms with E-state index in [0.717, 1.165) is 30.7 Å². The summed E-state index contributed by atoms with van der Waals surface area (Å²) in [5.41, 5.74) is 1.12. The Hall–Kier alpha value is -1.20. The van der Waals surface area contributed by atoms with Gasteiger partial charge in [0, 0.05) is 24.6 Å². The van der Waals surface area contributed by atoms with Crippen molar-refractivity contribution in [1.29, 1.82) is 0 Å². The second kappa shape index (κ2) is 8.44. The van der Waals surface area contributed by atoms with Crippen LogP contribution >= 0.6 is 11.8 Å². The maximum Gasteiger partial charge on any atom is 0.317 e. The number of aliphatic hydroxyl groups is 1. The molecule has 0 bridgehead atoms. The summed E-state index contributed by atoms with van der Waals surface area (Å²) in [5, 5.41) is 12.3. The van der Waals surface area contributed by atoms with E-state index < -0.39 is 0 Å². The standard InChI is InChI=1S/C17H26N2O2S/c1-3-22-16-8-6-15(7-9-16)13(2)18-17(21)19-10-4-5-14(11-19)12-20/h6-9,13-14,20H,3-5,10-12H2,1-2H3,(H,18,21). The van der Waals surface area contributed by atoms with Gasteiger partial charge in [-0.15, -0.1) is 11.8 Å². The lowest BCUT2D eigenvalue weighted by Gasteiger charge is -2.32. The Morgan fingerprint density at radius 2 is 2.18 bits per heavy atom. The fourth-order valence-electron chi connectivity index (χ4n) is 2.78. The molecule has 1 aliphatic heterocycles. The molecule has 2 amide bonds. The predicted octanol–water partition coefficient (Wildman–Crippen LogP) is 3.27. The molecule has 2 rings (SSSR count). The Bertz CT molecular complexity index is 478. The molecule has 0 radical (unpaired) electrons. The normalized spacial score (nSPS) is 19.8. The minimum Gasteiger partial charge on any atom is -0.396 e. The van der Waals surface area contributed by atoms with Gasteiger partial charge in [-0.05, 0) is 49.1 Å². The van der Waals surface area contributed by atoms with Crippen LogP contribution in [0, 0.1) is 5.92 Å². The lowest BCUT2D eigenvalue weighted by atomic mass is 9.99. The maximum absolute atomic E-state index is 12.3. The first-order chi connectivity index (χ1) is 10.6. The summed E-state index contributed by atoms with van der Waals surface area (Å²) in [6, 6.07) is 8.33. The molecule has 0 aromatic heterocycles. The van der Waals surface area contributed by atoms with Gasteiger partial charge >= 0.3 is 6.03 Å². The highest BCUT2D eigenvalue weighted by Crippen LogP contribution is 2.21. The average molecular weight is 322 g/mol. The molecular formula is C17H26N2O2S. The predicted molar refractivity (Wildman–Crippen MR) is 91.2 cm³/mol. The smallest absolute Gasteiger partial charge is 0.317 e. The lowest BCUT2D eigenvalue weighted by molar-refractivity contribution is 0.128. The van der Waals surface area contributed by atoms with E-state index >= 15 is 0 Å². The van der Waals surface area contributed by atoms with Crippen molar-refractivity contribution < 1.29 is 9.90 Å². The summed E-state index contributed by atoms with van der Waals surface area (Å²) in [5.74, 6) is 1.28. The third kappa shape index (κ3) is 4.65. The van der Waals surface area contributed by atoms with Crippen LogP contribution in [-0.2, 0) is 0 Å². The Morgan fingerprint density at radius 3 is 2.82 bits per heavy atom. The molecule has 0 saturated carbocycles. The second-order valence-electron chi connectivity index (χ2n) is 5.81. The number of likely N-dealkylation sites (tertiary alicyclic amines) is 1. The van der Waals surface area contributed by atoms with Crippen LogP contribution in [0.4, 0.5) is 4.79 Å². The number of rotatable bonds is 5. The quantitative estimate of drug-likeness (QED) is 0.818. The summed E-state index contributed by atoms with van der Waals surface area (Å²) in [4.78, 5) is 15.4. The van der Waals surface area contributed by atoms with Gasteiger partial charge in [0.25, 0.3) is 0 Å². The Labute approximate surface area is 137 Å². The largest absolute Gasteiger partial charge is 0.396 e. The molecule has 1 saturated heterocycles. The summed E-state index contributed by atoms with van der Waals surface area (Å²) < 4.78 is 0. The topological polar surface area (TPSA) is 52.6 Å². The number of aliphatic hydroxyl groups excluding tert-OH is 1. The van der Waals surface area contributed by atoms with Crippen molar-refractivity contribution in [2.75, 3.05) is 25.4 Å². The zero-order valence-corrected chi connectivity index (χ0v) is 14.2. The van der Waals surface area contributed by atoms with Crippen LogP contribution in [-0.4, -0.2) is 41.5 Å². The van der Waals surface area contributed by atoms with E-state index in [-0.39, 0.29) is 24.6 Å². The Balaban J connectivity index is 1.90. The number of hydrogen-bond donors (Lipinski definition) is 2. The van der Waals surface area contributed by atoms with E-state index in [4.69, 9.17) is 0 Å². The van der Waals surface area contributed by atoms with Crippen LogP contribution in [0.5, 0.6) is 0 Å². The number of hydrogen-bond acceptors (Lipinski definition) is 3. The van der Waals surface area contributed by atoms with Crippen LogP contribution in [0.1, 0.15) is 38.3 Å². The highest BCUT2D eigenvalue weighted by atomic mass is 32.2. The van der Waals surface area contributed by atoms with Gasteiger partial charge in [-0.1, -0.05) is 19.1 Å². The zero-order chi connectivity index (χ0) is 15.9. The van der Waals surface area contributed by atoms with E-state index in [1.165, 1.54) is 4.90 Å². The molecular weight excluding hydrogens is 296 g/mol. The third-order valence-corrected chi connectivity index (χ3v) is 4.99. The van der Waals surface area contributed by atoms with Gasteiger partial charge in [0.1, 0.15) is 0 Å². The molecule has 2 unspecified atom stereocenters. The highest BCUT2D eigenvalue weighted by molar-refractivity contribution is 7.99. The zero-order valence-electron chi connectivity index (χ0n) is 13.4. The van der Waals surface area contributed by atoms with Gasteiger partial charge in [0.2, 0.25) is 0 Å². The van der Waals surface area contributed by atoms with Gasteiger partial charge < -0.3 is 15.3 Å². The first-order valence-corrected chi connectivity index (χ1v) is 9.01. The molecule has 1 aromatic carbocycles. The number of urea groups is 1. The molecule has 1 aromatic rings. The molecule has 4 nitrogen and oxygen atoms in total. The summed E-state index contributed by atoms with van der Waals surface area (Å²) in [6.07, 6.45) is 1.97. The van der Waals surface area contributed by atoms with Gasteiger partial charge in [0.05, 0.1) is 6.04 Å². The van der Waals surface area contributed by atoms with Crippen molar-refractivity contribution in [1.82, 2.24) is 10.2 Å². The fourth-order valence-corrected chi connectivity index (χ4v) is 3.44. The summed E-state index contributed by atoms with van der Waals surface area (Å²) >= 11 is 1.82. The Kier molecular flexibility index (Phi) is 6.58. The van der Waals surface area contributed by atoms with E-state index in [1.807, 2.05) is 23.6 Å². The van der Waals surface area contributed by atoms with E-state index in [0.29, 0.717) is 6.54 Å². The van der Waals surface area contributed by atoms with Crippen LogP contribution in [0.15, 0.2) is 29.2 Å². The molecule has 2 atom stereocenters. The van der Waals surface area contributed by atoms with Crippen LogP contribution in [0.25, 0.3) is 0 Å². The van der Waals surface area contributed by atoms with Gasteiger partial charge in [-0.2, -0.15) is 0 Å². The highest BCUT2D eigenvalue weighted by Gasteiger charge is 2.24. The maximum atomic E-state index is 12.3. The minimum absolute atomic E-state index is 0.0114. The van der Waals surface area contributed by atoms with Crippen molar-refractivity contribution in [2.24, 2.45) is 5.92 Å². The van der Waals surface area contributed by atoms with Crippen molar-refractivity contribution in [2.45, 2.75) is 37.6 Å². The minimum atomic E-state index is -0.0299. The molecule has 0 aliphatic carbocycles.